The Bertz CT molecular complexity index is 1240. The molecule has 1 fully saturated rings. The Hall–Kier alpha value is -2.81. The van der Waals surface area contributed by atoms with Crippen molar-refractivity contribution in [1.29, 1.82) is 0 Å². The molecule has 0 bridgehead atoms. The Kier molecular flexibility index (Phi) is 5.43. The number of pyridine rings is 1. The maximum atomic E-state index is 12.7. The van der Waals surface area contributed by atoms with E-state index in [4.69, 9.17) is 4.42 Å². The molecule has 5 rings (SSSR count). The first-order valence-corrected chi connectivity index (χ1v) is 11.3. The fourth-order valence-corrected chi connectivity index (χ4v) is 4.93. The average Bonchev–Trinajstić information content (AvgIpc) is 3.22. The predicted molar refractivity (Wildman–Crippen MR) is 124 cm³/mol. The number of anilines is 1. The first-order chi connectivity index (χ1) is 15.1. The van der Waals surface area contributed by atoms with Crippen molar-refractivity contribution in [2.75, 3.05) is 44.2 Å². The largest absolute Gasteiger partial charge is 0.403 e. The van der Waals surface area contributed by atoms with Crippen LogP contribution in [0.1, 0.15) is 6.92 Å². The molecule has 4 heterocycles. The van der Waals surface area contributed by atoms with Crippen LogP contribution in [0.2, 0.25) is 0 Å². The molecule has 3 aromatic heterocycles. The molecular weight excluding hydrogens is 412 g/mol. The third-order valence-corrected chi connectivity index (χ3v) is 6.76. The summed E-state index contributed by atoms with van der Waals surface area (Å²) in [4.78, 5) is 26.5. The summed E-state index contributed by atoms with van der Waals surface area (Å²) in [6.07, 6.45) is 0. The second kappa shape index (κ2) is 8.37. The van der Waals surface area contributed by atoms with E-state index in [-0.39, 0.29) is 12.5 Å². The molecule has 0 spiro atoms. The van der Waals surface area contributed by atoms with Gasteiger partial charge in [-0.25, -0.2) is 9.78 Å². The fourth-order valence-electron chi connectivity index (χ4n) is 3.96. The van der Waals surface area contributed by atoms with E-state index in [1.165, 1.54) is 11.3 Å². The van der Waals surface area contributed by atoms with Crippen molar-refractivity contribution in [1.82, 2.24) is 14.9 Å². The molecule has 4 aromatic rings. The van der Waals surface area contributed by atoms with E-state index in [1.54, 1.807) is 0 Å². The number of rotatable bonds is 5. The van der Waals surface area contributed by atoms with Crippen molar-refractivity contribution < 1.29 is 9.52 Å². The molecular formula is C23H24N4O3S. The molecule has 0 saturated carbocycles. The second-order valence-corrected chi connectivity index (χ2v) is 9.10. The zero-order valence-electron chi connectivity index (χ0n) is 17.3. The minimum atomic E-state index is -0.418. The van der Waals surface area contributed by atoms with E-state index < -0.39 is 5.63 Å². The van der Waals surface area contributed by atoms with Crippen molar-refractivity contribution in [3.8, 4) is 10.6 Å². The van der Waals surface area contributed by atoms with Crippen molar-refractivity contribution >= 4 is 38.5 Å². The number of fused-ring (bicyclic) bond motifs is 2. The number of piperazine rings is 1. The van der Waals surface area contributed by atoms with Gasteiger partial charge in [0.2, 0.25) is 5.71 Å². The fraction of sp³-hybridized carbons (Fsp3) is 0.348. The van der Waals surface area contributed by atoms with Gasteiger partial charge in [0, 0.05) is 44.7 Å². The van der Waals surface area contributed by atoms with Gasteiger partial charge in [-0.15, -0.1) is 11.3 Å². The monoisotopic (exact) mass is 436 g/mol. The van der Waals surface area contributed by atoms with Gasteiger partial charge in [-0.3, -0.25) is 4.90 Å². The lowest BCUT2D eigenvalue weighted by Crippen LogP contribution is -2.48. The van der Waals surface area contributed by atoms with Crippen LogP contribution in [0.15, 0.2) is 51.7 Å². The molecule has 0 radical (unpaired) electrons. The summed E-state index contributed by atoms with van der Waals surface area (Å²) >= 11 is 1.48. The molecule has 7 nitrogen and oxygen atoms in total. The Morgan fingerprint density at radius 1 is 1.13 bits per heavy atom. The minimum absolute atomic E-state index is 0.213. The Labute approximate surface area is 183 Å². The van der Waals surface area contributed by atoms with E-state index in [0.717, 1.165) is 54.1 Å². The number of para-hydroxylation sites is 1. The Balaban J connectivity index is 1.39. The van der Waals surface area contributed by atoms with Crippen LogP contribution in [-0.2, 0) is 0 Å². The summed E-state index contributed by atoms with van der Waals surface area (Å²) in [5, 5.41) is 10.7. The van der Waals surface area contributed by atoms with Gasteiger partial charge in [0.1, 0.15) is 10.8 Å². The molecule has 1 aromatic carbocycles. The molecule has 1 atom stereocenters. The number of aliphatic hydroxyl groups excluding tert-OH is 1. The predicted octanol–water partition coefficient (Wildman–Crippen LogP) is 3.22. The highest BCUT2D eigenvalue weighted by molar-refractivity contribution is 7.21. The van der Waals surface area contributed by atoms with Crippen LogP contribution in [-0.4, -0.2) is 59.3 Å². The number of hydrogen-bond donors (Lipinski definition) is 1. The molecule has 1 unspecified atom stereocenters. The minimum Gasteiger partial charge on any atom is -0.403 e. The van der Waals surface area contributed by atoms with Gasteiger partial charge in [0.25, 0.3) is 0 Å². The Morgan fingerprint density at radius 3 is 2.71 bits per heavy atom. The van der Waals surface area contributed by atoms with E-state index in [0.29, 0.717) is 16.3 Å². The second-order valence-electron chi connectivity index (χ2n) is 8.07. The standard InChI is InChI=1S/C23H24N4O3S/c1-15(14-28)13-26-8-10-27(11-9-26)20-7-6-16-12-17(23(29)30-21(16)25-20)22-24-18-4-2-3-5-19(18)31-22/h2-7,12,15,28H,8-11,13-14H2,1H3. The van der Waals surface area contributed by atoms with Gasteiger partial charge in [0.05, 0.1) is 15.8 Å². The van der Waals surface area contributed by atoms with Crippen LogP contribution < -0.4 is 10.5 Å². The molecule has 0 aliphatic carbocycles. The number of hydrogen-bond acceptors (Lipinski definition) is 8. The van der Waals surface area contributed by atoms with E-state index >= 15 is 0 Å². The normalized spacial score (nSPS) is 16.3. The smallest absolute Gasteiger partial charge is 0.347 e. The Morgan fingerprint density at radius 2 is 1.94 bits per heavy atom. The molecule has 1 aliphatic rings. The molecule has 0 amide bonds. The van der Waals surface area contributed by atoms with Crippen molar-refractivity contribution in [2.24, 2.45) is 5.92 Å². The maximum absolute atomic E-state index is 12.7. The van der Waals surface area contributed by atoms with E-state index in [9.17, 15) is 9.90 Å². The molecule has 1 saturated heterocycles. The summed E-state index contributed by atoms with van der Waals surface area (Å²) in [5.41, 5.74) is 1.28. The third kappa shape index (κ3) is 4.06. The van der Waals surface area contributed by atoms with E-state index in [2.05, 4.69) is 26.7 Å². The summed E-state index contributed by atoms with van der Waals surface area (Å²) in [6.45, 7) is 6.72. The molecule has 1 aliphatic heterocycles. The summed E-state index contributed by atoms with van der Waals surface area (Å²) in [6, 6.07) is 13.6. The van der Waals surface area contributed by atoms with E-state index in [1.807, 2.05) is 42.5 Å². The van der Waals surface area contributed by atoms with Crippen LogP contribution in [0.25, 0.3) is 31.9 Å². The molecule has 8 heteroatoms. The van der Waals surface area contributed by atoms with Gasteiger partial charge >= 0.3 is 5.63 Å². The SMILES string of the molecule is CC(CO)CN1CCN(c2ccc3cc(-c4nc5ccccc5s4)c(=O)oc3n2)CC1. The number of aliphatic hydroxyl groups is 1. The maximum Gasteiger partial charge on any atom is 0.347 e. The van der Waals surface area contributed by atoms with Crippen LogP contribution in [0, 0.1) is 5.92 Å². The first-order valence-electron chi connectivity index (χ1n) is 10.5. The number of thiazole rings is 1. The molecule has 160 valence electrons. The lowest BCUT2D eigenvalue weighted by atomic mass is 10.1. The van der Waals surface area contributed by atoms with Gasteiger partial charge in [-0.2, -0.15) is 4.98 Å². The number of aromatic nitrogens is 2. The highest BCUT2D eigenvalue weighted by Gasteiger charge is 2.20. The average molecular weight is 437 g/mol. The van der Waals surface area contributed by atoms with Gasteiger partial charge < -0.3 is 14.4 Å². The van der Waals surface area contributed by atoms with Crippen LogP contribution in [0.4, 0.5) is 5.82 Å². The quantitative estimate of drug-likeness (QED) is 0.514. The number of nitrogens with zero attached hydrogens (tertiary/aromatic N) is 4. The van der Waals surface area contributed by atoms with Crippen LogP contribution in [0.5, 0.6) is 0 Å². The third-order valence-electron chi connectivity index (χ3n) is 5.69. The highest BCUT2D eigenvalue weighted by Crippen LogP contribution is 2.30. The summed E-state index contributed by atoms with van der Waals surface area (Å²) < 4.78 is 6.64. The van der Waals surface area contributed by atoms with Crippen LogP contribution >= 0.6 is 11.3 Å². The van der Waals surface area contributed by atoms with Crippen molar-refractivity contribution in [3.63, 3.8) is 0 Å². The highest BCUT2D eigenvalue weighted by atomic mass is 32.1. The summed E-state index contributed by atoms with van der Waals surface area (Å²) in [7, 11) is 0. The first kappa shape index (κ1) is 20.1. The summed E-state index contributed by atoms with van der Waals surface area (Å²) in [5.74, 6) is 1.10. The lowest BCUT2D eigenvalue weighted by Gasteiger charge is -2.36. The van der Waals surface area contributed by atoms with Crippen molar-refractivity contribution in [2.45, 2.75) is 6.92 Å². The zero-order valence-corrected chi connectivity index (χ0v) is 18.1. The number of benzene rings is 1. The topological polar surface area (TPSA) is 82.7 Å². The lowest BCUT2D eigenvalue weighted by molar-refractivity contribution is 0.167. The molecule has 1 N–H and O–H groups in total. The zero-order chi connectivity index (χ0) is 21.4. The van der Waals surface area contributed by atoms with Crippen LogP contribution in [0.3, 0.4) is 0 Å². The van der Waals surface area contributed by atoms with Crippen molar-refractivity contribution in [3.05, 3.63) is 52.9 Å². The molecule has 31 heavy (non-hydrogen) atoms. The van der Waals surface area contributed by atoms with Gasteiger partial charge in [-0.05, 0) is 36.2 Å². The van der Waals surface area contributed by atoms with Gasteiger partial charge in [0.15, 0.2) is 0 Å². The van der Waals surface area contributed by atoms with Gasteiger partial charge in [-0.1, -0.05) is 19.1 Å².